The number of hydrogen-bond donors (Lipinski definition) is 0. The second kappa shape index (κ2) is 7.33. The minimum atomic E-state index is -2.05. The predicted octanol–water partition coefficient (Wildman–Crippen LogP) is 8.46. The Labute approximate surface area is 197 Å². The Kier molecular flexibility index (Phi) is 6.19. The van der Waals surface area contributed by atoms with Gasteiger partial charge in [-0.05, 0) is 61.4 Å². The summed E-state index contributed by atoms with van der Waals surface area (Å²) in [4.78, 5) is 0. The van der Waals surface area contributed by atoms with E-state index in [1.54, 1.807) is 0 Å². The van der Waals surface area contributed by atoms with E-state index < -0.39 is 26.6 Å². The van der Waals surface area contributed by atoms with Crippen molar-refractivity contribution in [1.29, 1.82) is 0 Å². The summed E-state index contributed by atoms with van der Waals surface area (Å²) in [5.41, 5.74) is -0.702. The normalized spacial score (nSPS) is 36.7. The van der Waals surface area contributed by atoms with Crippen LogP contribution in [-0.4, -0.2) is 32.7 Å². The molecule has 0 aromatic heterocycles. The van der Waals surface area contributed by atoms with Gasteiger partial charge in [0.2, 0.25) is 0 Å². The minimum Gasteiger partial charge on any atom is -0.410 e. The second-order valence-corrected chi connectivity index (χ2v) is 23.9. The Morgan fingerprint density at radius 1 is 0.900 bits per heavy atom. The first-order chi connectivity index (χ1) is 13.4. The first kappa shape index (κ1) is 25.3. The Balaban J connectivity index is 2.02. The molecule has 0 bridgehead atoms. The van der Waals surface area contributed by atoms with Gasteiger partial charge in [0.05, 0.1) is 6.10 Å². The molecule has 0 aromatic carbocycles. The van der Waals surface area contributed by atoms with E-state index in [0.717, 1.165) is 19.3 Å². The van der Waals surface area contributed by atoms with Crippen LogP contribution >= 0.6 is 23.2 Å². The monoisotopic (exact) mass is 490 g/mol. The molecule has 30 heavy (non-hydrogen) atoms. The molecule has 1 spiro atoms. The molecule has 6 heteroatoms. The van der Waals surface area contributed by atoms with Crippen molar-refractivity contribution in [1.82, 2.24) is 0 Å². The summed E-state index contributed by atoms with van der Waals surface area (Å²) in [5, 5.41) is 0.291. The fourth-order valence-corrected chi connectivity index (χ4v) is 9.63. The molecule has 0 aromatic rings. The first-order valence-corrected chi connectivity index (χ1v) is 18.4. The van der Waals surface area contributed by atoms with Gasteiger partial charge in [0.1, 0.15) is 5.60 Å². The smallest absolute Gasteiger partial charge is 0.193 e. The SMILES string of the molecule is CC(C)(C)[Si](C)(C)O[C@H]1C=CC[C@@]2(O[Si](C)(C)C(C)(C)C)C(Cl)(Cl)[C@]23CCCC[C@H]13. The largest absolute Gasteiger partial charge is 0.410 e. The predicted molar refractivity (Wildman–Crippen MR) is 136 cm³/mol. The third-order valence-corrected chi connectivity index (χ3v) is 19.5. The number of halogens is 2. The molecule has 3 rings (SSSR count). The van der Waals surface area contributed by atoms with E-state index in [4.69, 9.17) is 32.1 Å². The molecule has 3 aliphatic carbocycles. The molecule has 0 N–H and O–H groups in total. The molecule has 0 aliphatic heterocycles. The van der Waals surface area contributed by atoms with E-state index in [2.05, 4.69) is 79.9 Å². The molecule has 0 unspecified atom stereocenters. The van der Waals surface area contributed by atoms with Crippen molar-refractivity contribution in [2.75, 3.05) is 0 Å². The van der Waals surface area contributed by atoms with Crippen molar-refractivity contribution in [3.05, 3.63) is 12.2 Å². The summed E-state index contributed by atoms with van der Waals surface area (Å²) in [6, 6.07) is 0. The lowest BCUT2D eigenvalue weighted by Crippen LogP contribution is -2.50. The van der Waals surface area contributed by atoms with Crippen LogP contribution in [0.1, 0.15) is 73.6 Å². The average Bonchev–Trinajstić information content (AvgIpc) is 2.99. The van der Waals surface area contributed by atoms with E-state index in [1.807, 2.05) is 0 Å². The van der Waals surface area contributed by atoms with E-state index in [9.17, 15) is 0 Å². The van der Waals surface area contributed by atoms with Crippen LogP contribution in [-0.2, 0) is 8.85 Å². The Morgan fingerprint density at radius 3 is 2.00 bits per heavy atom. The Bertz CT molecular complexity index is 705. The van der Waals surface area contributed by atoms with Crippen molar-refractivity contribution in [3.8, 4) is 0 Å². The second-order valence-electron chi connectivity index (χ2n) is 13.1. The fraction of sp³-hybridized carbons (Fsp3) is 0.917. The summed E-state index contributed by atoms with van der Waals surface area (Å²) >= 11 is 14.5. The summed E-state index contributed by atoms with van der Waals surface area (Å²) in [5.74, 6) is 0.318. The molecular weight excluding hydrogens is 447 g/mol. The van der Waals surface area contributed by atoms with Crippen LogP contribution in [0.25, 0.3) is 0 Å². The molecule has 0 heterocycles. The van der Waals surface area contributed by atoms with Crippen LogP contribution in [0, 0.1) is 11.3 Å². The van der Waals surface area contributed by atoms with E-state index in [-0.39, 0.29) is 21.6 Å². The molecule has 0 saturated heterocycles. The van der Waals surface area contributed by atoms with Gasteiger partial charge in [-0.25, -0.2) is 0 Å². The van der Waals surface area contributed by atoms with Gasteiger partial charge in [-0.15, -0.1) is 0 Å². The van der Waals surface area contributed by atoms with Gasteiger partial charge < -0.3 is 8.85 Å². The van der Waals surface area contributed by atoms with Crippen molar-refractivity contribution < 1.29 is 8.85 Å². The third kappa shape index (κ3) is 3.46. The topological polar surface area (TPSA) is 18.5 Å². The number of hydrogen-bond acceptors (Lipinski definition) is 2. The van der Waals surface area contributed by atoms with Gasteiger partial charge in [-0.3, -0.25) is 0 Å². The van der Waals surface area contributed by atoms with Gasteiger partial charge in [0, 0.05) is 5.41 Å². The zero-order valence-electron chi connectivity index (χ0n) is 20.9. The maximum Gasteiger partial charge on any atom is 0.193 e. The molecule has 0 amide bonds. The molecule has 0 radical (unpaired) electrons. The molecule has 174 valence electrons. The first-order valence-electron chi connectivity index (χ1n) is 11.8. The van der Waals surface area contributed by atoms with Crippen molar-refractivity contribution >= 4 is 39.8 Å². The number of alkyl halides is 2. The number of rotatable bonds is 4. The minimum absolute atomic E-state index is 0.0791. The summed E-state index contributed by atoms with van der Waals surface area (Å²) in [6.45, 7) is 23.2. The maximum atomic E-state index is 7.27. The molecule has 2 fully saturated rings. The van der Waals surface area contributed by atoms with Crippen LogP contribution in [0.4, 0.5) is 0 Å². The highest BCUT2D eigenvalue weighted by Gasteiger charge is 2.90. The summed E-state index contributed by atoms with van der Waals surface area (Å²) in [7, 11) is -3.97. The molecule has 4 atom stereocenters. The van der Waals surface area contributed by atoms with E-state index >= 15 is 0 Å². The van der Waals surface area contributed by atoms with Gasteiger partial charge in [0.25, 0.3) is 0 Å². The fourth-order valence-electron chi connectivity index (χ4n) is 5.38. The van der Waals surface area contributed by atoms with Crippen LogP contribution in [0.5, 0.6) is 0 Å². The average molecular weight is 492 g/mol. The van der Waals surface area contributed by atoms with Gasteiger partial charge >= 0.3 is 0 Å². The van der Waals surface area contributed by atoms with Crippen molar-refractivity contribution in [3.63, 3.8) is 0 Å². The van der Waals surface area contributed by atoms with Crippen molar-refractivity contribution in [2.45, 2.75) is 126 Å². The lowest BCUT2D eigenvalue weighted by atomic mass is 9.72. The molecule has 2 saturated carbocycles. The highest BCUT2D eigenvalue weighted by atomic mass is 35.5. The van der Waals surface area contributed by atoms with E-state index in [0.29, 0.717) is 5.92 Å². The van der Waals surface area contributed by atoms with E-state index in [1.165, 1.54) is 12.8 Å². The van der Waals surface area contributed by atoms with Crippen molar-refractivity contribution in [2.24, 2.45) is 11.3 Å². The van der Waals surface area contributed by atoms with Crippen LogP contribution in [0.15, 0.2) is 12.2 Å². The Hall–Kier alpha value is 0.674. The molecule has 3 aliphatic rings. The lowest BCUT2D eigenvalue weighted by molar-refractivity contribution is 0.0179. The highest BCUT2D eigenvalue weighted by Crippen LogP contribution is 2.83. The van der Waals surface area contributed by atoms with Gasteiger partial charge in [-0.2, -0.15) is 0 Å². The molecule has 2 nitrogen and oxygen atoms in total. The van der Waals surface area contributed by atoms with Crippen LogP contribution < -0.4 is 0 Å². The summed E-state index contributed by atoms with van der Waals surface area (Å²) < 4.78 is 13.3. The maximum absolute atomic E-state index is 7.27. The standard InChI is InChI=1S/C24H44Cl2O2Si2/c1-20(2,3)29(7,8)27-19-15-13-17-23(28-30(9,10)21(4,5)6)22(24(23,25)26)16-12-11-14-18(19)22/h13,15,18-19H,11-12,14,16-17H2,1-10H3/t18-,19+,22+,23+/m1/s1. The lowest BCUT2D eigenvalue weighted by Gasteiger charge is -2.45. The van der Waals surface area contributed by atoms with Gasteiger partial charge in [-0.1, -0.05) is 89.7 Å². The third-order valence-electron chi connectivity index (χ3n) is 9.29. The molecular formula is C24H44Cl2O2Si2. The Morgan fingerprint density at radius 2 is 1.47 bits per heavy atom. The van der Waals surface area contributed by atoms with Gasteiger partial charge in [0.15, 0.2) is 21.0 Å². The summed E-state index contributed by atoms with van der Waals surface area (Å²) in [6.07, 6.45) is 10.0. The van der Waals surface area contributed by atoms with Crippen LogP contribution in [0.2, 0.25) is 36.3 Å². The highest BCUT2D eigenvalue weighted by molar-refractivity contribution is 6.75. The van der Waals surface area contributed by atoms with Crippen LogP contribution in [0.3, 0.4) is 0 Å². The zero-order valence-corrected chi connectivity index (χ0v) is 24.4. The zero-order chi connectivity index (χ0) is 23.0. The quantitative estimate of drug-likeness (QED) is 0.223.